The van der Waals surface area contributed by atoms with E-state index in [2.05, 4.69) is 6.92 Å². The van der Waals surface area contributed by atoms with Crippen LogP contribution in [0.2, 0.25) is 0 Å². The SMILES string of the molecule is C.CC(C)(O)CCC[C@](C)(C/C=C/C(O)(C(F)(F)F)C(F)(F)F)[C@H]1CCC2C(=O)CCC[C@@]21C.CC(C)(O)CCC[C@](C)(C/C=C/C(O)(C(F)(F)F)C(F)(F)F)[C@H]1CCC2[C@@H](O)CCC[C@@]21C.[2H]PC. The molecule has 5 N–H and O–H groups in total. The van der Waals surface area contributed by atoms with E-state index in [-0.39, 0.29) is 72.7 Å². The van der Waals surface area contributed by atoms with Crippen LogP contribution >= 0.6 is 9.18 Å². The van der Waals surface area contributed by atoms with Crippen molar-refractivity contribution in [2.45, 2.75) is 232 Å². The van der Waals surface area contributed by atoms with Gasteiger partial charge < -0.3 is 25.5 Å². The van der Waals surface area contributed by atoms with Gasteiger partial charge in [-0.05, 0) is 169 Å². The zero-order chi connectivity index (χ0) is 53.7. The number of hydrogen-bond donors (Lipinski definition) is 5. The Labute approximate surface area is 406 Å². The maximum absolute atomic E-state index is 13.1. The number of ketones is 1. The van der Waals surface area contributed by atoms with Gasteiger partial charge in [0.2, 0.25) is 0 Å². The number of Topliss-reactive ketones (excluding diaryl/α,β-unsaturated/α-hetero) is 1. The van der Waals surface area contributed by atoms with Crippen molar-refractivity contribution >= 4 is 15.0 Å². The van der Waals surface area contributed by atoms with Gasteiger partial charge in [-0.2, -0.15) is 52.7 Å². The van der Waals surface area contributed by atoms with Crippen molar-refractivity contribution in [1.82, 2.24) is 0 Å². The van der Waals surface area contributed by atoms with Gasteiger partial charge in [0.1, 0.15) is 5.78 Å². The summed E-state index contributed by atoms with van der Waals surface area (Å²) >= 11 is 0. The fourth-order valence-electron chi connectivity index (χ4n) is 12.8. The molecule has 0 bridgehead atoms. The Balaban J connectivity index is 0.000000654. The van der Waals surface area contributed by atoms with Gasteiger partial charge in [-0.1, -0.05) is 73.2 Å². The second kappa shape index (κ2) is 23.4. The van der Waals surface area contributed by atoms with Crippen molar-refractivity contribution in [3.8, 4) is 0 Å². The van der Waals surface area contributed by atoms with Crippen molar-refractivity contribution in [2.24, 2.45) is 45.3 Å². The molecule has 4 aliphatic rings. The average molecular weight is 1040 g/mol. The summed E-state index contributed by atoms with van der Waals surface area (Å²) in [5, 5.41) is 49.7. The van der Waals surface area contributed by atoms with Gasteiger partial charge in [0.25, 0.3) is 11.2 Å². The van der Waals surface area contributed by atoms with Crippen molar-refractivity contribution in [1.29, 1.82) is 1.28 Å². The predicted molar refractivity (Wildman–Crippen MR) is 248 cm³/mol. The number of hydrogen-bond acceptors (Lipinski definition) is 6. The Morgan fingerprint density at radius 2 is 0.971 bits per heavy atom. The molecule has 4 aliphatic carbocycles. The van der Waals surface area contributed by atoms with Crippen LogP contribution in [-0.4, -0.2) is 92.5 Å². The van der Waals surface area contributed by atoms with Crippen LogP contribution < -0.4 is 0 Å². The number of aliphatic hydroxyl groups is 5. The molecule has 0 spiro atoms. The molecule has 0 aliphatic heterocycles. The predicted octanol–water partition coefficient (Wildman–Crippen LogP) is 14.0. The molecule has 69 heavy (non-hydrogen) atoms. The normalized spacial score (nSPS) is 29.6. The first-order valence-corrected chi connectivity index (χ1v) is 24.8. The molecule has 6 nitrogen and oxygen atoms in total. The van der Waals surface area contributed by atoms with E-state index in [9.17, 15) is 83.0 Å². The molecule has 0 aromatic carbocycles. The molecule has 0 saturated heterocycles. The minimum atomic E-state index is -5.90. The maximum Gasteiger partial charge on any atom is 0.429 e. The standard InChI is InChI=1S/C24H38F6O3.C24H36F6O3.CH5P.CH4/c2*1-19(2,32)11-6-12-20(3,13-7-15-22(33,23(25,26)27)24(28,29)30)18-10-9-16-17(31)8-5-14-21(16,18)4;1-2;/h7,15-18,31-33H,5-6,8-14H2,1-4H3;7,15-16,18,32-33H,5-6,8-14H2,1-4H3;2H2,1H3;1H4/b2*15-7+;;/t16?,17-,18+,20+,21-;16?,18-,20-,21+;;/m01../s1/i;;2D;. The van der Waals surface area contributed by atoms with Gasteiger partial charge in [0.15, 0.2) is 0 Å². The van der Waals surface area contributed by atoms with Crippen molar-refractivity contribution in [3.63, 3.8) is 0 Å². The van der Waals surface area contributed by atoms with E-state index in [1.54, 1.807) is 27.7 Å². The highest BCUT2D eigenvalue weighted by molar-refractivity contribution is 7.15. The molecular formula is C50H83F12O6P. The number of carbonyl (C=O) groups is 1. The lowest BCUT2D eigenvalue weighted by molar-refractivity contribution is -0.348. The van der Waals surface area contributed by atoms with E-state index < -0.39 is 64.0 Å². The van der Waals surface area contributed by atoms with Crippen LogP contribution in [0.25, 0.3) is 0 Å². The lowest BCUT2D eigenvalue weighted by Gasteiger charge is -2.50. The monoisotopic (exact) mass is 1040 g/mol. The topological polar surface area (TPSA) is 118 Å². The maximum atomic E-state index is 13.1. The van der Waals surface area contributed by atoms with Crippen molar-refractivity contribution in [2.75, 3.05) is 6.66 Å². The summed E-state index contributed by atoms with van der Waals surface area (Å²) in [7, 11) is 0.333. The highest BCUT2D eigenvalue weighted by Gasteiger charge is 2.70. The number of halogens is 12. The van der Waals surface area contributed by atoms with Crippen LogP contribution in [-0.2, 0) is 4.79 Å². The first-order chi connectivity index (χ1) is 31.0. The number of carbonyl (C=O) groups excluding carboxylic acids is 1. The minimum absolute atomic E-state index is 0. The van der Waals surface area contributed by atoms with Crippen LogP contribution in [0.3, 0.4) is 0 Å². The second-order valence-electron chi connectivity index (χ2n) is 22.6. The third kappa shape index (κ3) is 15.3. The number of alkyl halides is 12. The van der Waals surface area contributed by atoms with E-state index in [1.165, 1.54) is 0 Å². The summed E-state index contributed by atoms with van der Waals surface area (Å²) in [5.41, 5.74) is -13.7. The van der Waals surface area contributed by atoms with E-state index in [0.29, 0.717) is 73.4 Å². The highest BCUT2D eigenvalue weighted by atomic mass is 31.0. The molecule has 10 atom stereocenters. The van der Waals surface area contributed by atoms with Gasteiger partial charge >= 0.3 is 24.7 Å². The molecule has 0 radical (unpaired) electrons. The van der Waals surface area contributed by atoms with Crippen LogP contribution in [0.1, 0.15) is 178 Å². The van der Waals surface area contributed by atoms with Crippen LogP contribution in [0.5, 0.6) is 0 Å². The molecule has 4 rings (SSSR count). The van der Waals surface area contributed by atoms with E-state index >= 15 is 0 Å². The molecule has 408 valence electrons. The van der Waals surface area contributed by atoms with Crippen LogP contribution in [0.15, 0.2) is 24.3 Å². The molecule has 0 aromatic heterocycles. The summed E-state index contributed by atoms with van der Waals surface area (Å²) in [4.78, 5) is 12.5. The van der Waals surface area contributed by atoms with Gasteiger partial charge in [0, 0.05) is 12.3 Å². The average Bonchev–Trinajstić information content (AvgIpc) is 3.71. The highest BCUT2D eigenvalue weighted by Crippen LogP contribution is 2.64. The zero-order valence-electron chi connectivity index (χ0n) is 42.1. The van der Waals surface area contributed by atoms with Crippen LogP contribution in [0.4, 0.5) is 52.7 Å². The summed E-state index contributed by atoms with van der Waals surface area (Å²) in [6, 6.07) is 0. The first-order valence-electron chi connectivity index (χ1n) is 24.3. The summed E-state index contributed by atoms with van der Waals surface area (Å²) in [5.74, 6) is 0.00762. The fourth-order valence-corrected chi connectivity index (χ4v) is 12.8. The van der Waals surface area contributed by atoms with E-state index in [1.807, 2.05) is 27.4 Å². The number of aliphatic hydroxyl groups excluding tert-OH is 1. The van der Waals surface area contributed by atoms with E-state index in [4.69, 9.17) is 1.28 Å². The smallest absolute Gasteiger partial charge is 0.393 e. The lowest BCUT2D eigenvalue weighted by atomic mass is 9.56. The van der Waals surface area contributed by atoms with Gasteiger partial charge in [-0.3, -0.25) is 4.79 Å². The molecule has 0 aromatic rings. The molecule has 0 amide bonds. The number of fused-ring (bicyclic) bond motifs is 2. The Bertz CT molecular complexity index is 1680. The Morgan fingerprint density at radius 3 is 1.35 bits per heavy atom. The van der Waals surface area contributed by atoms with E-state index in [0.717, 1.165) is 50.7 Å². The number of rotatable bonds is 16. The molecular weight excluding hydrogens is 955 g/mol. The largest absolute Gasteiger partial charge is 0.429 e. The summed E-state index contributed by atoms with van der Waals surface area (Å²) in [6.45, 7) is 16.2. The lowest BCUT2D eigenvalue weighted by Crippen LogP contribution is -2.55. The van der Waals surface area contributed by atoms with Gasteiger partial charge in [-0.25, -0.2) is 0 Å². The summed E-state index contributed by atoms with van der Waals surface area (Å²) in [6.07, 6.45) is -12.8. The Kier molecular flexibility index (Phi) is 21.6. The van der Waals surface area contributed by atoms with Crippen molar-refractivity contribution < 1.29 is 83.0 Å². The minimum Gasteiger partial charge on any atom is -0.393 e. The first kappa shape index (κ1) is 63.7. The van der Waals surface area contributed by atoms with Gasteiger partial charge in [-0.15, -0.1) is 9.18 Å². The van der Waals surface area contributed by atoms with Crippen LogP contribution in [0, 0.1) is 45.3 Å². The quantitative estimate of drug-likeness (QED) is 0.0597. The molecule has 0 heterocycles. The molecule has 4 fully saturated rings. The summed E-state index contributed by atoms with van der Waals surface area (Å²) < 4.78 is 163. The third-order valence-electron chi connectivity index (χ3n) is 16.3. The Morgan fingerprint density at radius 1 is 0.609 bits per heavy atom. The Hall–Kier alpha value is -1.46. The second-order valence-corrected chi connectivity index (χ2v) is 22.6. The zero-order valence-corrected chi connectivity index (χ0v) is 42.1. The molecule has 19 heteroatoms. The number of allylic oxidation sites excluding steroid dienone is 2. The third-order valence-corrected chi connectivity index (χ3v) is 16.3. The fraction of sp³-hybridized carbons (Fsp3) is 0.900. The van der Waals surface area contributed by atoms with Crippen molar-refractivity contribution in [3.05, 3.63) is 24.3 Å². The molecule has 4 saturated carbocycles. The molecule has 3 unspecified atom stereocenters. The van der Waals surface area contributed by atoms with Gasteiger partial charge in [0.05, 0.1) is 18.6 Å².